The normalized spacial score (nSPS) is 16.2. The van der Waals surface area contributed by atoms with Crippen molar-refractivity contribution in [1.82, 2.24) is 6.15 Å². The summed E-state index contributed by atoms with van der Waals surface area (Å²) in [5.41, 5.74) is -5.87. The first-order chi connectivity index (χ1) is 7.13. The number of hydrogen-bond acceptors (Lipinski definition) is 1. The lowest BCUT2D eigenvalue weighted by Gasteiger charge is -2.31. The molecule has 0 aliphatic carbocycles. The Bertz CT molecular complexity index is 251. The van der Waals surface area contributed by atoms with Gasteiger partial charge >= 0.3 is 24.2 Å². The molecule has 0 bridgehead atoms. The van der Waals surface area contributed by atoms with Gasteiger partial charge in [-0.1, -0.05) is 22.6 Å². The van der Waals surface area contributed by atoms with Crippen molar-refractivity contribution in [3.63, 3.8) is 0 Å². The largest absolute Gasteiger partial charge is 0.431 e. The molecule has 18 heavy (non-hydrogen) atoms. The van der Waals surface area contributed by atoms with Gasteiger partial charge in [0, 0.05) is 6.42 Å². The van der Waals surface area contributed by atoms with Crippen LogP contribution in [0.1, 0.15) is 6.42 Å². The number of rotatable bonds is 2. The van der Waals surface area contributed by atoms with E-state index in [-0.39, 0.29) is 28.7 Å². The molecule has 1 nitrogen and oxygen atoms in total. The molecule has 0 aromatic rings. The van der Waals surface area contributed by atoms with Crippen LogP contribution in [0.15, 0.2) is 0 Å². The summed E-state index contributed by atoms with van der Waals surface area (Å²) in [4.78, 5) is 0. The zero-order chi connectivity index (χ0) is 14.3. The van der Waals surface area contributed by atoms with E-state index in [1.807, 2.05) is 0 Å². The predicted octanol–water partition coefficient (Wildman–Crippen LogP) is 4.74. The van der Waals surface area contributed by atoms with Crippen LogP contribution < -0.4 is 6.15 Å². The van der Waals surface area contributed by atoms with Crippen LogP contribution in [-0.2, 0) is 0 Å². The quantitative estimate of drug-likeness (QED) is 0.400. The minimum atomic E-state index is -6.46. The highest BCUT2D eigenvalue weighted by atomic mass is 127. The maximum absolute atomic E-state index is 12.8. The molecule has 0 heterocycles. The summed E-state index contributed by atoms with van der Waals surface area (Å²) in [6, 6.07) is 0. The topological polar surface area (TPSA) is 35.0 Å². The van der Waals surface area contributed by atoms with Crippen molar-refractivity contribution in [2.24, 2.45) is 0 Å². The maximum atomic E-state index is 12.8. The monoisotopic (exact) mass is 409 g/mol. The number of hydrogen-bond donors (Lipinski definition) is 1. The van der Waals surface area contributed by atoms with Crippen molar-refractivity contribution in [3.8, 4) is 0 Å². The minimum absolute atomic E-state index is 0. The SMILES string of the molecule is FC(F)(F)C(I)CC(F)(C(F)(F)F)C(F)(F)F.N. The van der Waals surface area contributed by atoms with Crippen molar-refractivity contribution in [2.45, 2.75) is 34.5 Å². The lowest BCUT2D eigenvalue weighted by Crippen LogP contribution is -2.55. The third-order valence-corrected chi connectivity index (χ3v) is 2.86. The van der Waals surface area contributed by atoms with E-state index in [2.05, 4.69) is 0 Å². The molecular weight excluding hydrogens is 403 g/mol. The summed E-state index contributed by atoms with van der Waals surface area (Å²) in [6.45, 7) is 0. The van der Waals surface area contributed by atoms with Crippen molar-refractivity contribution >= 4 is 22.6 Å². The zero-order valence-corrected chi connectivity index (χ0v) is 10.3. The van der Waals surface area contributed by atoms with Gasteiger partial charge < -0.3 is 6.15 Å². The van der Waals surface area contributed by atoms with Crippen LogP contribution in [0.5, 0.6) is 0 Å². The molecule has 0 saturated carbocycles. The summed E-state index contributed by atoms with van der Waals surface area (Å²) in [6.07, 6.45) is -21.0. The first kappa shape index (κ1) is 20.3. The summed E-state index contributed by atoms with van der Waals surface area (Å²) in [5.74, 6) is 0. The second-order valence-corrected chi connectivity index (χ2v) is 4.51. The Morgan fingerprint density at radius 2 is 1.00 bits per heavy atom. The highest BCUT2D eigenvalue weighted by Crippen LogP contribution is 2.51. The molecule has 0 spiro atoms. The smallest absolute Gasteiger partial charge is 0.344 e. The van der Waals surface area contributed by atoms with E-state index in [4.69, 9.17) is 0 Å². The molecule has 0 radical (unpaired) electrons. The standard InChI is InChI=1S/C6H3F10I.H3N/c7-3(5(11,12)13,6(14,15)16)1-2(17)4(8,9)10;/h2H,1H2;1H3. The van der Waals surface area contributed by atoms with Crippen LogP contribution in [-0.4, -0.2) is 28.1 Å². The highest BCUT2D eigenvalue weighted by molar-refractivity contribution is 14.1. The minimum Gasteiger partial charge on any atom is -0.344 e. The van der Waals surface area contributed by atoms with Crippen LogP contribution in [0.2, 0.25) is 0 Å². The molecular formula is C6H6F10IN. The van der Waals surface area contributed by atoms with Crippen LogP contribution in [0.4, 0.5) is 43.9 Å². The van der Waals surface area contributed by atoms with Gasteiger partial charge in [0.15, 0.2) is 0 Å². The average molecular weight is 409 g/mol. The molecule has 0 aromatic heterocycles. The van der Waals surface area contributed by atoms with Crippen molar-refractivity contribution in [3.05, 3.63) is 0 Å². The summed E-state index contributed by atoms with van der Waals surface area (Å²) >= 11 is 0.288. The third kappa shape index (κ3) is 4.28. The van der Waals surface area contributed by atoms with Crippen molar-refractivity contribution in [1.29, 1.82) is 0 Å². The van der Waals surface area contributed by atoms with E-state index in [1.54, 1.807) is 0 Å². The Labute approximate surface area is 108 Å². The van der Waals surface area contributed by atoms with E-state index in [1.165, 1.54) is 0 Å². The Hall–Kier alpha value is -0.0100. The first-order valence-electron chi connectivity index (χ1n) is 3.66. The summed E-state index contributed by atoms with van der Waals surface area (Å²) < 4.78 is 117. The molecule has 12 heteroatoms. The van der Waals surface area contributed by atoms with Gasteiger partial charge in [0.1, 0.15) is 3.92 Å². The van der Waals surface area contributed by atoms with Crippen LogP contribution in [0.25, 0.3) is 0 Å². The number of halogens is 11. The Kier molecular flexibility index (Phi) is 6.26. The lowest BCUT2D eigenvalue weighted by atomic mass is 9.98. The molecule has 0 aromatic carbocycles. The van der Waals surface area contributed by atoms with E-state index < -0.39 is 34.5 Å². The summed E-state index contributed by atoms with van der Waals surface area (Å²) in [7, 11) is 0. The molecule has 3 N–H and O–H groups in total. The predicted molar refractivity (Wildman–Crippen MR) is 49.5 cm³/mol. The van der Waals surface area contributed by atoms with Gasteiger partial charge in [0.2, 0.25) is 0 Å². The Morgan fingerprint density at radius 3 is 1.17 bits per heavy atom. The maximum Gasteiger partial charge on any atom is 0.431 e. The third-order valence-electron chi connectivity index (χ3n) is 1.71. The highest BCUT2D eigenvalue weighted by Gasteiger charge is 2.73. The van der Waals surface area contributed by atoms with Crippen molar-refractivity contribution < 1.29 is 43.9 Å². The molecule has 0 aliphatic heterocycles. The number of alkyl halides is 11. The van der Waals surface area contributed by atoms with Crippen LogP contribution >= 0.6 is 22.6 Å². The fourth-order valence-electron chi connectivity index (χ4n) is 0.755. The van der Waals surface area contributed by atoms with Gasteiger partial charge in [-0.25, -0.2) is 4.39 Å². The van der Waals surface area contributed by atoms with Crippen molar-refractivity contribution in [2.75, 3.05) is 0 Å². The first-order valence-corrected chi connectivity index (χ1v) is 4.90. The van der Waals surface area contributed by atoms with E-state index in [0.717, 1.165) is 0 Å². The van der Waals surface area contributed by atoms with Crippen LogP contribution in [0, 0.1) is 0 Å². The fraction of sp³-hybridized carbons (Fsp3) is 1.00. The Balaban J connectivity index is 0. The van der Waals surface area contributed by atoms with Gasteiger partial charge in [-0.15, -0.1) is 0 Å². The molecule has 1 atom stereocenters. The van der Waals surface area contributed by atoms with Gasteiger partial charge in [-0.05, 0) is 0 Å². The molecule has 0 rings (SSSR count). The summed E-state index contributed by atoms with van der Waals surface area (Å²) in [5, 5.41) is 0. The van der Waals surface area contributed by atoms with Gasteiger partial charge in [0.05, 0.1) is 0 Å². The van der Waals surface area contributed by atoms with Crippen LogP contribution in [0.3, 0.4) is 0 Å². The van der Waals surface area contributed by atoms with E-state index >= 15 is 0 Å². The molecule has 112 valence electrons. The van der Waals surface area contributed by atoms with E-state index in [9.17, 15) is 43.9 Å². The average Bonchev–Trinajstić information content (AvgIpc) is 1.97. The van der Waals surface area contributed by atoms with Gasteiger partial charge in [-0.3, -0.25) is 0 Å². The van der Waals surface area contributed by atoms with E-state index in [0.29, 0.717) is 0 Å². The molecule has 0 amide bonds. The Morgan fingerprint density at radius 1 is 0.722 bits per heavy atom. The second kappa shape index (κ2) is 5.54. The molecule has 0 fully saturated rings. The zero-order valence-electron chi connectivity index (χ0n) is 8.15. The molecule has 1 unspecified atom stereocenters. The molecule has 0 saturated heterocycles. The van der Waals surface area contributed by atoms with Gasteiger partial charge in [-0.2, -0.15) is 39.5 Å². The lowest BCUT2D eigenvalue weighted by molar-refractivity contribution is -0.345. The second-order valence-electron chi connectivity index (χ2n) is 3.01. The molecule has 0 aliphatic rings. The van der Waals surface area contributed by atoms with Gasteiger partial charge in [0.25, 0.3) is 0 Å². The fourth-order valence-corrected chi connectivity index (χ4v) is 1.36.